The van der Waals surface area contributed by atoms with Crippen LogP contribution in [0.25, 0.3) is 22.2 Å². The van der Waals surface area contributed by atoms with E-state index in [1.807, 2.05) is 81.4 Å². The van der Waals surface area contributed by atoms with E-state index in [1.54, 1.807) is 16.9 Å². The summed E-state index contributed by atoms with van der Waals surface area (Å²) in [6, 6.07) is 16.6. The van der Waals surface area contributed by atoms with Gasteiger partial charge in [0.1, 0.15) is 23.6 Å². The van der Waals surface area contributed by atoms with Gasteiger partial charge in [-0.3, -0.25) is 14.4 Å². The predicted octanol–water partition coefficient (Wildman–Crippen LogP) is 4.82. The minimum Gasteiger partial charge on any atom is -0.497 e. The second-order valence-electron chi connectivity index (χ2n) is 14.7. The molecule has 3 aromatic rings. The molecule has 2 aromatic carbocycles. The Labute approximate surface area is 303 Å². The van der Waals surface area contributed by atoms with Crippen molar-refractivity contribution in [3.05, 3.63) is 67.3 Å². The number of hydrogen-bond donors (Lipinski definition) is 4. The summed E-state index contributed by atoms with van der Waals surface area (Å²) in [5.74, 6) is 0.198. The molecule has 2 saturated heterocycles. The Balaban J connectivity index is 0.00000124. The summed E-state index contributed by atoms with van der Waals surface area (Å²) in [7, 11) is 1.61. The van der Waals surface area contributed by atoms with Gasteiger partial charge in [-0.25, -0.2) is 9.78 Å². The number of β-amino-alcohol motifs (C(OH)–C–C–N with tert-alkyl or cyclic N) is 1. The summed E-state index contributed by atoms with van der Waals surface area (Å²) < 4.78 is 12.2. The molecule has 3 aliphatic rings. The molecule has 3 heterocycles. The number of benzene rings is 2. The van der Waals surface area contributed by atoms with Crippen molar-refractivity contribution in [3.8, 4) is 22.8 Å². The number of pyridine rings is 1. The van der Waals surface area contributed by atoms with E-state index in [0.29, 0.717) is 36.4 Å². The number of likely N-dealkylation sites (tertiary alicyclic amines) is 2. The van der Waals surface area contributed by atoms with E-state index in [2.05, 4.69) is 11.9 Å². The first-order valence-corrected chi connectivity index (χ1v) is 17.5. The van der Waals surface area contributed by atoms with Gasteiger partial charge in [0, 0.05) is 55.1 Å². The van der Waals surface area contributed by atoms with Crippen LogP contribution >= 0.6 is 0 Å². The van der Waals surface area contributed by atoms with Crippen LogP contribution in [0.5, 0.6) is 11.5 Å². The van der Waals surface area contributed by atoms with Crippen LogP contribution in [0.4, 0.5) is 4.79 Å². The maximum atomic E-state index is 14.5. The number of nitrogens with one attached hydrogen (secondary N) is 1. The van der Waals surface area contributed by atoms with Crippen molar-refractivity contribution in [2.75, 3.05) is 26.7 Å². The van der Waals surface area contributed by atoms with Crippen molar-refractivity contribution in [1.82, 2.24) is 20.1 Å². The second kappa shape index (κ2) is 16.0. The van der Waals surface area contributed by atoms with Crippen LogP contribution < -0.4 is 14.8 Å². The Kier molecular flexibility index (Phi) is 11.7. The third kappa shape index (κ3) is 9.19. The smallest absolute Gasteiger partial charge is 0.497 e. The molecular weight excluding hydrogens is 668 g/mol. The highest BCUT2D eigenvalue weighted by atomic mass is 16.6. The number of aromatic nitrogens is 1. The third-order valence-corrected chi connectivity index (χ3v) is 9.90. The topological polar surface area (TPSA) is 179 Å². The Bertz CT molecular complexity index is 1790. The van der Waals surface area contributed by atoms with Gasteiger partial charge < -0.3 is 39.9 Å². The maximum Gasteiger partial charge on any atom is 0.503 e. The number of rotatable bonds is 10. The fraction of sp³-hybridized carbons (Fsp3) is 0.462. The molecule has 13 heteroatoms. The van der Waals surface area contributed by atoms with Crippen LogP contribution in [-0.4, -0.2) is 105 Å². The van der Waals surface area contributed by atoms with Crippen molar-refractivity contribution < 1.29 is 44.0 Å². The summed E-state index contributed by atoms with van der Waals surface area (Å²) in [6.07, 6.45) is 0.640. The fourth-order valence-corrected chi connectivity index (χ4v) is 6.87. The zero-order valence-corrected chi connectivity index (χ0v) is 30.0. The van der Waals surface area contributed by atoms with Crippen LogP contribution in [0, 0.1) is 17.3 Å². The molecule has 0 radical (unpaired) electrons. The standard InChI is InChI=1S/C38H46N4O6.CH2O3/c1-6-23-16-30(23)40-36(45)33-18-27(22-42(33)37(46)29(38(2,3)4)19-35(44)41-15-14-25(43)21-41)48-34-20-31(24-10-8-7-9-11-24)39-32-17-26(47-5)12-13-28(32)34;2-1(3)4/h6-13,17,20,23,25,27,29-30,33,43H,1,14-16,18-19,21-22H2,2-5H3,(H,40,45);(H2,2,3,4)/t23?,25?,27-,29-,30?,33+;/m1./s1. The van der Waals surface area contributed by atoms with Crippen molar-refractivity contribution in [2.45, 2.75) is 70.7 Å². The number of carboxylic acid groups (broad SMARTS) is 2. The fourth-order valence-electron chi connectivity index (χ4n) is 6.87. The molecule has 2 aliphatic heterocycles. The molecule has 1 aliphatic carbocycles. The lowest BCUT2D eigenvalue weighted by Gasteiger charge is -2.35. The number of ether oxygens (including phenoxy) is 2. The van der Waals surface area contributed by atoms with E-state index in [-0.39, 0.29) is 49.2 Å². The monoisotopic (exact) mass is 716 g/mol. The molecule has 1 aromatic heterocycles. The largest absolute Gasteiger partial charge is 0.503 e. The lowest BCUT2D eigenvalue weighted by molar-refractivity contribution is -0.148. The summed E-state index contributed by atoms with van der Waals surface area (Å²) in [6.45, 7) is 10.6. The summed E-state index contributed by atoms with van der Waals surface area (Å²) >= 11 is 0. The third-order valence-electron chi connectivity index (χ3n) is 9.90. The lowest BCUT2D eigenvalue weighted by Crippen LogP contribution is -2.51. The van der Waals surface area contributed by atoms with Crippen LogP contribution in [0.15, 0.2) is 67.3 Å². The molecule has 6 atom stereocenters. The van der Waals surface area contributed by atoms with Gasteiger partial charge in [-0.2, -0.15) is 0 Å². The summed E-state index contributed by atoms with van der Waals surface area (Å²) in [5.41, 5.74) is 1.81. The van der Waals surface area contributed by atoms with Gasteiger partial charge >= 0.3 is 6.16 Å². The minimum atomic E-state index is -1.83. The van der Waals surface area contributed by atoms with Crippen molar-refractivity contribution in [3.63, 3.8) is 0 Å². The first kappa shape index (κ1) is 38.1. The Morgan fingerprint density at radius 2 is 1.77 bits per heavy atom. The molecule has 3 unspecified atom stereocenters. The van der Waals surface area contributed by atoms with Gasteiger partial charge in [0.05, 0.1) is 36.9 Å². The average Bonchev–Trinajstić information content (AvgIpc) is 3.47. The van der Waals surface area contributed by atoms with Gasteiger partial charge in [-0.15, -0.1) is 6.58 Å². The Hall–Kier alpha value is -5.17. The second-order valence-corrected chi connectivity index (χ2v) is 14.7. The SMILES string of the molecule is C=CC1CC1NC(=O)[C@@H]1C[C@@H](Oc2cc(-c3ccccc3)nc3cc(OC)ccc23)CN1C(=O)[C@@H](CC(=O)N1CCC(O)C1)C(C)(C)C.O=C(O)O. The molecule has 6 rings (SSSR count). The molecule has 52 heavy (non-hydrogen) atoms. The molecule has 278 valence electrons. The highest BCUT2D eigenvalue weighted by Crippen LogP contribution is 2.38. The summed E-state index contributed by atoms with van der Waals surface area (Å²) in [4.78, 5) is 58.4. The van der Waals surface area contributed by atoms with Crippen molar-refractivity contribution in [2.24, 2.45) is 17.3 Å². The van der Waals surface area contributed by atoms with Gasteiger partial charge in [0.15, 0.2) is 0 Å². The molecule has 3 amide bonds. The normalized spacial score (nSPS) is 22.9. The van der Waals surface area contributed by atoms with Crippen LogP contribution in [0.2, 0.25) is 0 Å². The number of aliphatic hydroxyl groups excluding tert-OH is 1. The highest BCUT2D eigenvalue weighted by molar-refractivity contribution is 5.92. The molecule has 0 spiro atoms. The Morgan fingerprint density at radius 3 is 2.37 bits per heavy atom. The van der Waals surface area contributed by atoms with Gasteiger partial charge in [0.2, 0.25) is 17.7 Å². The lowest BCUT2D eigenvalue weighted by atomic mass is 9.77. The molecular formula is C39H48N4O9. The van der Waals surface area contributed by atoms with E-state index in [0.717, 1.165) is 23.1 Å². The van der Waals surface area contributed by atoms with Crippen LogP contribution in [-0.2, 0) is 14.4 Å². The van der Waals surface area contributed by atoms with Gasteiger partial charge in [0.25, 0.3) is 0 Å². The zero-order chi connectivity index (χ0) is 37.7. The first-order valence-electron chi connectivity index (χ1n) is 17.5. The van der Waals surface area contributed by atoms with Crippen molar-refractivity contribution >= 4 is 34.8 Å². The van der Waals surface area contributed by atoms with E-state index in [4.69, 9.17) is 29.5 Å². The zero-order valence-electron chi connectivity index (χ0n) is 30.0. The molecule has 3 fully saturated rings. The number of amides is 3. The van der Waals surface area contributed by atoms with Crippen LogP contribution in [0.1, 0.15) is 46.5 Å². The molecule has 0 bridgehead atoms. The molecule has 13 nitrogen and oxygen atoms in total. The number of fused-ring (bicyclic) bond motifs is 1. The van der Waals surface area contributed by atoms with Gasteiger partial charge in [-0.05, 0) is 36.3 Å². The van der Waals surface area contributed by atoms with Crippen molar-refractivity contribution in [1.29, 1.82) is 0 Å². The maximum absolute atomic E-state index is 14.5. The van der Waals surface area contributed by atoms with E-state index < -0.39 is 35.7 Å². The number of nitrogens with zero attached hydrogens (tertiary/aromatic N) is 3. The minimum absolute atomic E-state index is 0.000979. The van der Waals surface area contributed by atoms with E-state index in [1.165, 1.54) is 0 Å². The van der Waals surface area contributed by atoms with Gasteiger partial charge in [-0.1, -0.05) is 57.2 Å². The summed E-state index contributed by atoms with van der Waals surface area (Å²) in [5, 5.41) is 27.9. The number of carbonyl (C=O) groups excluding carboxylic acids is 3. The van der Waals surface area contributed by atoms with E-state index in [9.17, 15) is 19.5 Å². The number of hydrogen-bond acceptors (Lipinski definition) is 8. The predicted molar refractivity (Wildman–Crippen MR) is 194 cm³/mol. The molecule has 4 N–H and O–H groups in total. The quantitative estimate of drug-likeness (QED) is 0.213. The Morgan fingerprint density at radius 1 is 1.06 bits per heavy atom. The first-order chi connectivity index (χ1) is 24.7. The average molecular weight is 717 g/mol. The molecule has 1 saturated carbocycles. The van der Waals surface area contributed by atoms with Crippen LogP contribution in [0.3, 0.4) is 0 Å². The number of carbonyl (C=O) groups is 4. The number of aliphatic hydroxyl groups is 1. The highest BCUT2D eigenvalue weighted by Gasteiger charge is 2.47. The number of methoxy groups -OCH3 is 1. The van der Waals surface area contributed by atoms with E-state index >= 15 is 0 Å².